The number of carbonyl (C=O) groups is 1. The molecule has 0 atom stereocenters. The normalized spacial score (nSPS) is 15.0. The molecular formula is C16H23ClN2O2. The molecule has 1 aliphatic rings. The van der Waals surface area contributed by atoms with Gasteiger partial charge in [-0.3, -0.25) is 0 Å². The van der Waals surface area contributed by atoms with Gasteiger partial charge in [0.1, 0.15) is 5.75 Å². The molecule has 116 valence electrons. The van der Waals surface area contributed by atoms with Crippen LogP contribution in [0.15, 0.2) is 18.2 Å². The molecule has 0 aromatic heterocycles. The summed E-state index contributed by atoms with van der Waals surface area (Å²) in [6.45, 7) is 3.13. The first-order valence-electron chi connectivity index (χ1n) is 7.64. The minimum atomic E-state index is -0.0704. The Morgan fingerprint density at radius 3 is 2.81 bits per heavy atom. The summed E-state index contributed by atoms with van der Waals surface area (Å²) < 4.78 is 5.40. The number of carbonyl (C=O) groups excluding carboxylic acids is 1. The largest absolute Gasteiger partial charge is 0.492 e. The van der Waals surface area contributed by atoms with Crippen molar-refractivity contribution >= 4 is 17.6 Å². The molecule has 2 N–H and O–H groups in total. The number of amides is 2. The zero-order valence-corrected chi connectivity index (χ0v) is 13.2. The first kappa shape index (κ1) is 16.0. The molecule has 5 heteroatoms. The first-order valence-corrected chi connectivity index (χ1v) is 8.02. The zero-order valence-electron chi connectivity index (χ0n) is 12.5. The van der Waals surface area contributed by atoms with Crippen molar-refractivity contribution in [2.75, 3.05) is 13.2 Å². The summed E-state index contributed by atoms with van der Waals surface area (Å²) in [5.74, 6) is 0.704. The Morgan fingerprint density at radius 1 is 1.38 bits per heavy atom. The number of benzene rings is 1. The third-order valence-electron chi connectivity index (χ3n) is 3.69. The number of urea groups is 1. The van der Waals surface area contributed by atoms with Gasteiger partial charge < -0.3 is 15.4 Å². The maximum atomic E-state index is 11.7. The lowest BCUT2D eigenvalue weighted by Gasteiger charge is -2.13. The van der Waals surface area contributed by atoms with Gasteiger partial charge >= 0.3 is 6.03 Å². The molecule has 0 saturated heterocycles. The van der Waals surface area contributed by atoms with E-state index in [1.54, 1.807) is 0 Å². The highest BCUT2D eigenvalue weighted by Crippen LogP contribution is 2.25. The Hall–Kier alpha value is -1.42. The van der Waals surface area contributed by atoms with E-state index in [1.807, 2.05) is 25.1 Å². The standard InChI is InChI=1S/C16H23ClN2O2/c1-2-21-15-8-7-12(11-14(15)17)9-10-18-16(20)19-13-5-3-4-6-13/h7-8,11,13H,2-6,9-10H2,1H3,(H2,18,19,20). The number of hydrogen-bond acceptors (Lipinski definition) is 2. The van der Waals surface area contributed by atoms with Crippen LogP contribution < -0.4 is 15.4 Å². The van der Waals surface area contributed by atoms with Crippen LogP contribution in [0.1, 0.15) is 38.2 Å². The van der Waals surface area contributed by atoms with Crippen LogP contribution >= 0.6 is 11.6 Å². The van der Waals surface area contributed by atoms with E-state index in [9.17, 15) is 4.79 Å². The SMILES string of the molecule is CCOc1ccc(CCNC(=O)NC2CCCC2)cc1Cl. The summed E-state index contributed by atoms with van der Waals surface area (Å²) in [6, 6.07) is 6.03. The smallest absolute Gasteiger partial charge is 0.315 e. The van der Waals surface area contributed by atoms with E-state index >= 15 is 0 Å². The molecule has 4 nitrogen and oxygen atoms in total. The highest BCUT2D eigenvalue weighted by molar-refractivity contribution is 6.32. The minimum absolute atomic E-state index is 0.0704. The second-order valence-electron chi connectivity index (χ2n) is 5.33. The average Bonchev–Trinajstić information content (AvgIpc) is 2.95. The molecule has 2 rings (SSSR count). The molecule has 0 heterocycles. The predicted molar refractivity (Wildman–Crippen MR) is 85.1 cm³/mol. The number of halogens is 1. The van der Waals surface area contributed by atoms with Gasteiger partial charge in [-0.2, -0.15) is 0 Å². The molecule has 2 amide bonds. The van der Waals surface area contributed by atoms with Gasteiger partial charge in [0, 0.05) is 12.6 Å². The van der Waals surface area contributed by atoms with Crippen molar-refractivity contribution in [1.82, 2.24) is 10.6 Å². The molecule has 1 fully saturated rings. The Bertz CT molecular complexity index is 473. The molecule has 1 aliphatic carbocycles. The van der Waals surface area contributed by atoms with Gasteiger partial charge in [0.05, 0.1) is 11.6 Å². The van der Waals surface area contributed by atoms with Crippen LogP contribution in [0.5, 0.6) is 5.75 Å². The molecule has 21 heavy (non-hydrogen) atoms. The van der Waals surface area contributed by atoms with Gasteiger partial charge in [-0.05, 0) is 43.9 Å². The van der Waals surface area contributed by atoms with Crippen molar-refractivity contribution < 1.29 is 9.53 Å². The minimum Gasteiger partial charge on any atom is -0.492 e. The first-order chi connectivity index (χ1) is 10.2. The van der Waals surface area contributed by atoms with Crippen molar-refractivity contribution in [2.45, 2.75) is 45.1 Å². The molecule has 1 aromatic rings. The lowest BCUT2D eigenvalue weighted by Crippen LogP contribution is -2.41. The van der Waals surface area contributed by atoms with E-state index in [1.165, 1.54) is 12.8 Å². The lowest BCUT2D eigenvalue weighted by atomic mass is 10.1. The zero-order chi connectivity index (χ0) is 15.1. The van der Waals surface area contributed by atoms with Crippen LogP contribution in [0.2, 0.25) is 5.02 Å². The highest BCUT2D eigenvalue weighted by atomic mass is 35.5. The van der Waals surface area contributed by atoms with Crippen LogP contribution in [0.25, 0.3) is 0 Å². The van der Waals surface area contributed by atoms with E-state index < -0.39 is 0 Å². The summed E-state index contributed by atoms with van der Waals surface area (Å²) in [4.78, 5) is 11.7. The van der Waals surface area contributed by atoms with Crippen LogP contribution in [-0.4, -0.2) is 25.2 Å². The fourth-order valence-electron chi connectivity index (χ4n) is 2.60. The summed E-state index contributed by atoms with van der Waals surface area (Å²) in [6.07, 6.45) is 5.39. The second kappa shape index (κ2) is 8.13. The molecule has 0 bridgehead atoms. The van der Waals surface area contributed by atoms with Crippen molar-refractivity contribution in [3.63, 3.8) is 0 Å². The van der Waals surface area contributed by atoms with Crippen LogP contribution in [0.4, 0.5) is 4.79 Å². The van der Waals surface area contributed by atoms with E-state index in [-0.39, 0.29) is 6.03 Å². The number of nitrogens with one attached hydrogen (secondary N) is 2. The Labute approximate surface area is 131 Å². The maximum Gasteiger partial charge on any atom is 0.315 e. The third kappa shape index (κ3) is 5.12. The van der Waals surface area contributed by atoms with Crippen molar-refractivity contribution in [2.24, 2.45) is 0 Å². The van der Waals surface area contributed by atoms with Crippen molar-refractivity contribution in [1.29, 1.82) is 0 Å². The molecule has 0 radical (unpaired) electrons. The van der Waals surface area contributed by atoms with Gasteiger partial charge in [0.25, 0.3) is 0 Å². The van der Waals surface area contributed by atoms with Gasteiger partial charge in [0.2, 0.25) is 0 Å². The predicted octanol–water partition coefficient (Wildman–Crippen LogP) is 3.52. The van der Waals surface area contributed by atoms with Crippen molar-refractivity contribution in [3.8, 4) is 5.75 Å². The van der Waals surface area contributed by atoms with Crippen LogP contribution in [0.3, 0.4) is 0 Å². The average molecular weight is 311 g/mol. The number of hydrogen-bond donors (Lipinski definition) is 2. The lowest BCUT2D eigenvalue weighted by molar-refractivity contribution is 0.237. The molecule has 0 aliphatic heterocycles. The third-order valence-corrected chi connectivity index (χ3v) is 3.98. The Kier molecular flexibility index (Phi) is 6.18. The van der Waals surface area contributed by atoms with Gasteiger partial charge in [-0.15, -0.1) is 0 Å². The maximum absolute atomic E-state index is 11.7. The molecule has 1 saturated carbocycles. The highest BCUT2D eigenvalue weighted by Gasteiger charge is 2.16. The molecule has 0 unspecified atom stereocenters. The van der Waals surface area contributed by atoms with Crippen LogP contribution in [0, 0.1) is 0 Å². The molecular weight excluding hydrogens is 288 g/mol. The van der Waals surface area contributed by atoms with E-state index in [0.717, 1.165) is 24.8 Å². The molecule has 1 aromatic carbocycles. The van der Waals surface area contributed by atoms with E-state index in [0.29, 0.717) is 30.0 Å². The van der Waals surface area contributed by atoms with Gasteiger partial charge in [-0.25, -0.2) is 4.79 Å². The van der Waals surface area contributed by atoms with Crippen LogP contribution in [-0.2, 0) is 6.42 Å². The van der Waals surface area contributed by atoms with Crippen molar-refractivity contribution in [3.05, 3.63) is 28.8 Å². The molecule has 0 spiro atoms. The fraction of sp³-hybridized carbons (Fsp3) is 0.562. The number of rotatable bonds is 6. The Balaban J connectivity index is 1.72. The van der Waals surface area contributed by atoms with E-state index in [4.69, 9.17) is 16.3 Å². The van der Waals surface area contributed by atoms with Gasteiger partial charge in [0.15, 0.2) is 0 Å². The topological polar surface area (TPSA) is 50.4 Å². The Morgan fingerprint density at radius 2 is 2.14 bits per heavy atom. The van der Waals surface area contributed by atoms with E-state index in [2.05, 4.69) is 10.6 Å². The summed E-state index contributed by atoms with van der Waals surface area (Å²) in [5, 5.41) is 6.51. The number of ether oxygens (including phenoxy) is 1. The van der Waals surface area contributed by atoms with Gasteiger partial charge in [-0.1, -0.05) is 30.5 Å². The summed E-state index contributed by atoms with van der Waals surface area (Å²) in [5.41, 5.74) is 1.09. The fourth-order valence-corrected chi connectivity index (χ4v) is 2.86. The summed E-state index contributed by atoms with van der Waals surface area (Å²) in [7, 11) is 0. The quantitative estimate of drug-likeness (QED) is 0.844. The summed E-state index contributed by atoms with van der Waals surface area (Å²) >= 11 is 6.14. The monoisotopic (exact) mass is 310 g/mol. The second-order valence-corrected chi connectivity index (χ2v) is 5.74.